The molecular formula is C25H33F2N3OS. The minimum atomic E-state index is -0.871. The van der Waals surface area contributed by atoms with Crippen molar-refractivity contribution in [1.29, 1.82) is 0 Å². The Morgan fingerprint density at radius 3 is 2.53 bits per heavy atom. The molecule has 0 amide bonds. The minimum absolute atomic E-state index is 0.380. The van der Waals surface area contributed by atoms with Gasteiger partial charge in [-0.15, -0.1) is 0 Å². The molecule has 32 heavy (non-hydrogen) atoms. The van der Waals surface area contributed by atoms with Crippen molar-refractivity contribution in [3.05, 3.63) is 60.2 Å². The highest BCUT2D eigenvalue weighted by Gasteiger charge is 2.24. The number of rotatable bonds is 9. The molecule has 2 aromatic rings. The first-order valence-corrected chi connectivity index (χ1v) is 12.3. The molecule has 4 nitrogen and oxygen atoms in total. The SMILES string of the molecule is CCSC(=Nc1ccccc1)N(C)C1CCN(CCCCOc2ccc(F)c(F)c2)CC1. The molecule has 0 aromatic heterocycles. The number of amidine groups is 1. The maximum absolute atomic E-state index is 13.2. The number of hydrogen-bond donors (Lipinski definition) is 0. The third-order valence-electron chi connectivity index (χ3n) is 5.69. The summed E-state index contributed by atoms with van der Waals surface area (Å²) in [6.45, 7) is 5.87. The quantitative estimate of drug-likeness (QED) is 0.262. The predicted octanol–water partition coefficient (Wildman–Crippen LogP) is 5.96. The summed E-state index contributed by atoms with van der Waals surface area (Å²) in [5, 5.41) is 1.09. The van der Waals surface area contributed by atoms with Crippen molar-refractivity contribution in [2.24, 2.45) is 4.99 Å². The van der Waals surface area contributed by atoms with Crippen molar-refractivity contribution in [3.63, 3.8) is 0 Å². The van der Waals surface area contributed by atoms with E-state index in [4.69, 9.17) is 9.73 Å². The average molecular weight is 462 g/mol. The summed E-state index contributed by atoms with van der Waals surface area (Å²) in [7, 11) is 2.17. The van der Waals surface area contributed by atoms with Crippen LogP contribution in [0.3, 0.4) is 0 Å². The highest BCUT2D eigenvalue weighted by molar-refractivity contribution is 8.13. The Kier molecular flexibility index (Phi) is 9.81. The van der Waals surface area contributed by atoms with Gasteiger partial charge in [0.05, 0.1) is 12.3 Å². The molecule has 1 saturated heterocycles. The maximum Gasteiger partial charge on any atom is 0.164 e. The first kappa shape index (κ1) is 24.5. The third kappa shape index (κ3) is 7.48. The van der Waals surface area contributed by atoms with Gasteiger partial charge in [-0.1, -0.05) is 36.9 Å². The van der Waals surface area contributed by atoms with E-state index in [2.05, 4.69) is 23.8 Å². The predicted molar refractivity (Wildman–Crippen MR) is 130 cm³/mol. The van der Waals surface area contributed by atoms with Crippen LogP contribution in [0.5, 0.6) is 5.75 Å². The maximum atomic E-state index is 13.2. The molecule has 0 atom stereocenters. The number of ether oxygens (including phenoxy) is 1. The molecule has 7 heteroatoms. The molecule has 0 aliphatic carbocycles. The van der Waals surface area contributed by atoms with E-state index in [1.54, 1.807) is 11.8 Å². The molecule has 174 valence electrons. The van der Waals surface area contributed by atoms with Gasteiger partial charge >= 0.3 is 0 Å². The standard InChI is InChI=1S/C25H33F2N3OS/c1-3-32-25(28-20-9-5-4-6-10-20)29(2)21-13-16-30(17-14-21)15-7-8-18-31-22-11-12-23(26)24(27)19-22/h4-6,9-12,19,21H,3,7-8,13-18H2,1-2H3. The molecule has 0 spiro atoms. The zero-order valence-corrected chi connectivity index (χ0v) is 19.8. The smallest absolute Gasteiger partial charge is 0.164 e. The Labute approximate surface area is 194 Å². The Morgan fingerprint density at radius 1 is 1.09 bits per heavy atom. The van der Waals surface area contributed by atoms with Crippen molar-refractivity contribution in [2.75, 3.05) is 39.0 Å². The normalized spacial score (nSPS) is 15.7. The molecule has 3 rings (SSSR count). The van der Waals surface area contributed by atoms with Crippen LogP contribution in [0, 0.1) is 11.6 Å². The molecule has 1 aliphatic heterocycles. The second-order valence-corrected chi connectivity index (χ2v) is 9.21. The number of halogens is 2. The Bertz CT molecular complexity index is 858. The van der Waals surface area contributed by atoms with Crippen molar-refractivity contribution < 1.29 is 13.5 Å². The molecule has 1 aliphatic rings. The van der Waals surface area contributed by atoms with E-state index in [1.807, 2.05) is 30.3 Å². The van der Waals surface area contributed by atoms with E-state index in [9.17, 15) is 8.78 Å². The number of aliphatic imine (C=N–C) groups is 1. The largest absolute Gasteiger partial charge is 0.493 e. The Balaban J connectivity index is 1.38. The van der Waals surface area contributed by atoms with E-state index in [0.717, 1.165) is 74.1 Å². The topological polar surface area (TPSA) is 28.1 Å². The molecule has 1 heterocycles. The van der Waals surface area contributed by atoms with Gasteiger partial charge in [0.15, 0.2) is 16.8 Å². The lowest BCUT2D eigenvalue weighted by atomic mass is 10.0. The first-order chi connectivity index (χ1) is 15.6. The van der Waals surface area contributed by atoms with E-state index in [0.29, 0.717) is 18.4 Å². The fraction of sp³-hybridized carbons (Fsp3) is 0.480. The molecule has 1 fully saturated rings. The average Bonchev–Trinajstić information content (AvgIpc) is 2.81. The van der Waals surface area contributed by atoms with Crippen LogP contribution in [0.2, 0.25) is 0 Å². The van der Waals surface area contributed by atoms with E-state index >= 15 is 0 Å². The summed E-state index contributed by atoms with van der Waals surface area (Å²) in [6, 6.07) is 14.3. The summed E-state index contributed by atoms with van der Waals surface area (Å²) in [5.74, 6) is -0.338. The molecule has 0 bridgehead atoms. The highest BCUT2D eigenvalue weighted by Crippen LogP contribution is 2.23. The van der Waals surface area contributed by atoms with Crippen molar-refractivity contribution >= 4 is 22.6 Å². The summed E-state index contributed by atoms with van der Waals surface area (Å²) < 4.78 is 31.7. The van der Waals surface area contributed by atoms with Gasteiger partial charge in [-0.25, -0.2) is 13.8 Å². The van der Waals surface area contributed by atoms with Crippen LogP contribution in [0.4, 0.5) is 14.5 Å². The van der Waals surface area contributed by atoms with Gasteiger partial charge in [-0.2, -0.15) is 0 Å². The molecule has 0 radical (unpaired) electrons. The summed E-state index contributed by atoms with van der Waals surface area (Å²) in [6.07, 6.45) is 4.16. The van der Waals surface area contributed by atoms with Crippen LogP contribution in [0.15, 0.2) is 53.5 Å². The number of thioether (sulfide) groups is 1. The van der Waals surface area contributed by atoms with Crippen LogP contribution in [-0.2, 0) is 0 Å². The summed E-state index contributed by atoms with van der Waals surface area (Å²) >= 11 is 1.80. The Hall–Kier alpha value is -2.12. The van der Waals surface area contributed by atoms with Crippen LogP contribution in [0.1, 0.15) is 32.6 Å². The van der Waals surface area contributed by atoms with Gasteiger partial charge in [-0.3, -0.25) is 0 Å². The van der Waals surface area contributed by atoms with Crippen LogP contribution < -0.4 is 4.74 Å². The zero-order chi connectivity index (χ0) is 22.8. The van der Waals surface area contributed by atoms with Crippen LogP contribution in [-0.4, -0.2) is 60.1 Å². The molecule has 0 N–H and O–H groups in total. The fourth-order valence-electron chi connectivity index (χ4n) is 3.84. The van der Waals surface area contributed by atoms with Crippen molar-refractivity contribution in [2.45, 2.75) is 38.6 Å². The second kappa shape index (κ2) is 12.8. The second-order valence-electron chi connectivity index (χ2n) is 7.98. The number of nitrogens with zero attached hydrogens (tertiary/aromatic N) is 3. The number of benzene rings is 2. The third-order valence-corrected chi connectivity index (χ3v) is 6.62. The number of likely N-dealkylation sites (tertiary alicyclic amines) is 1. The summed E-state index contributed by atoms with van der Waals surface area (Å²) in [5.41, 5.74) is 0.998. The van der Waals surface area contributed by atoms with E-state index in [-0.39, 0.29) is 0 Å². The first-order valence-electron chi connectivity index (χ1n) is 11.4. The number of para-hydroxylation sites is 1. The fourth-order valence-corrected chi connectivity index (χ4v) is 4.62. The summed E-state index contributed by atoms with van der Waals surface area (Å²) in [4.78, 5) is 9.74. The van der Waals surface area contributed by atoms with Gasteiger partial charge in [-0.05, 0) is 62.2 Å². The van der Waals surface area contributed by atoms with Gasteiger partial charge in [0, 0.05) is 32.2 Å². The molecule has 2 aromatic carbocycles. The highest BCUT2D eigenvalue weighted by atomic mass is 32.2. The lowest BCUT2D eigenvalue weighted by molar-refractivity contribution is 0.162. The lowest BCUT2D eigenvalue weighted by Crippen LogP contribution is -2.45. The zero-order valence-electron chi connectivity index (χ0n) is 19.0. The number of piperidine rings is 1. The molecule has 0 saturated carbocycles. The van der Waals surface area contributed by atoms with Gasteiger partial charge in [0.2, 0.25) is 0 Å². The van der Waals surface area contributed by atoms with Crippen molar-refractivity contribution in [1.82, 2.24) is 9.80 Å². The van der Waals surface area contributed by atoms with E-state index < -0.39 is 11.6 Å². The molecular weight excluding hydrogens is 428 g/mol. The monoisotopic (exact) mass is 461 g/mol. The number of hydrogen-bond acceptors (Lipinski definition) is 4. The minimum Gasteiger partial charge on any atom is -0.493 e. The molecule has 0 unspecified atom stereocenters. The Morgan fingerprint density at radius 2 is 1.84 bits per heavy atom. The van der Waals surface area contributed by atoms with Gasteiger partial charge < -0.3 is 14.5 Å². The lowest BCUT2D eigenvalue weighted by Gasteiger charge is -2.38. The van der Waals surface area contributed by atoms with Gasteiger partial charge in [0.1, 0.15) is 5.75 Å². The van der Waals surface area contributed by atoms with Crippen LogP contribution >= 0.6 is 11.8 Å². The van der Waals surface area contributed by atoms with Crippen LogP contribution in [0.25, 0.3) is 0 Å². The number of unbranched alkanes of at least 4 members (excludes halogenated alkanes) is 1. The van der Waals surface area contributed by atoms with Crippen molar-refractivity contribution in [3.8, 4) is 5.75 Å². The van der Waals surface area contributed by atoms with E-state index in [1.165, 1.54) is 6.07 Å². The van der Waals surface area contributed by atoms with Gasteiger partial charge in [0.25, 0.3) is 0 Å².